The first-order chi connectivity index (χ1) is 6.80. The molecule has 4 nitrogen and oxygen atoms in total. The molecule has 0 heterocycles. The first kappa shape index (κ1) is 12.2. The van der Waals surface area contributed by atoms with Crippen molar-refractivity contribution in [3.8, 4) is 5.75 Å². The summed E-state index contributed by atoms with van der Waals surface area (Å²) in [6.07, 6.45) is 0. The smallest absolute Gasteiger partial charge is 0.387 e. The van der Waals surface area contributed by atoms with E-state index in [-0.39, 0.29) is 15.7 Å². The molecule has 0 aliphatic carbocycles. The summed E-state index contributed by atoms with van der Waals surface area (Å²) in [6, 6.07) is 2.99. The lowest BCUT2D eigenvalue weighted by atomic mass is 10.3. The maximum Gasteiger partial charge on any atom is 0.387 e. The summed E-state index contributed by atoms with van der Waals surface area (Å²) < 4.78 is 49.3. The fraction of sp³-hybridized carbons (Fsp3) is 0.143. The van der Waals surface area contributed by atoms with Crippen molar-refractivity contribution in [1.82, 2.24) is 0 Å². The Kier molecular flexibility index (Phi) is 3.48. The molecule has 0 aliphatic rings. The van der Waals surface area contributed by atoms with E-state index >= 15 is 0 Å². The fourth-order valence-corrected chi connectivity index (χ4v) is 1.97. The zero-order valence-corrected chi connectivity index (χ0v) is 8.73. The summed E-state index contributed by atoms with van der Waals surface area (Å²) in [5.74, 6) is -0.234. The van der Waals surface area contributed by atoms with Crippen molar-refractivity contribution in [3.63, 3.8) is 0 Å². The van der Waals surface area contributed by atoms with E-state index in [2.05, 4.69) is 4.74 Å². The first-order valence-corrected chi connectivity index (χ1v) is 5.50. The molecule has 0 fully saturated rings. The van der Waals surface area contributed by atoms with Gasteiger partial charge in [0, 0.05) is 6.07 Å². The van der Waals surface area contributed by atoms with E-state index < -0.39 is 16.6 Å². The Morgan fingerprint density at radius 1 is 1.40 bits per heavy atom. The Morgan fingerprint density at radius 3 is 2.40 bits per heavy atom. The Morgan fingerprint density at radius 2 is 2.00 bits per heavy atom. The minimum absolute atomic E-state index is 0.234. The number of halogens is 3. The Hall–Kier alpha value is -0.920. The van der Waals surface area contributed by atoms with Crippen molar-refractivity contribution in [3.05, 3.63) is 23.2 Å². The van der Waals surface area contributed by atoms with Gasteiger partial charge in [-0.25, -0.2) is 13.6 Å². The summed E-state index contributed by atoms with van der Waals surface area (Å²) in [5, 5.41) is 4.54. The summed E-state index contributed by atoms with van der Waals surface area (Å²) in [6.45, 7) is -3.00. The number of rotatable bonds is 3. The number of benzene rings is 1. The summed E-state index contributed by atoms with van der Waals surface area (Å²) in [5.41, 5.74) is 0. The molecular weight excluding hydrogens is 252 g/mol. The van der Waals surface area contributed by atoms with E-state index in [1.807, 2.05) is 0 Å². The minimum Gasteiger partial charge on any atom is -0.435 e. The lowest BCUT2D eigenvalue weighted by Crippen LogP contribution is -2.12. The first-order valence-electron chi connectivity index (χ1n) is 3.58. The second kappa shape index (κ2) is 4.30. The molecule has 0 spiro atoms. The Balaban J connectivity index is 3.09. The minimum atomic E-state index is -3.95. The zero-order valence-electron chi connectivity index (χ0n) is 7.15. The molecule has 1 aromatic carbocycles. The molecule has 0 radical (unpaired) electrons. The van der Waals surface area contributed by atoms with Crippen LogP contribution in [0.25, 0.3) is 0 Å². The lowest BCUT2D eigenvalue weighted by molar-refractivity contribution is -0.0498. The van der Waals surface area contributed by atoms with Crippen molar-refractivity contribution in [2.75, 3.05) is 0 Å². The fourth-order valence-electron chi connectivity index (χ4n) is 0.888. The molecule has 0 bridgehead atoms. The molecule has 0 saturated heterocycles. The topological polar surface area (TPSA) is 69.4 Å². The maximum absolute atomic E-state index is 11.8. The summed E-state index contributed by atoms with van der Waals surface area (Å²) in [4.78, 5) is -0.342. The van der Waals surface area contributed by atoms with Crippen LogP contribution in [0.3, 0.4) is 0 Å². The lowest BCUT2D eigenvalue weighted by Gasteiger charge is -2.06. The number of ether oxygens (including phenoxy) is 1. The Bertz CT molecular complexity index is 463. The van der Waals surface area contributed by atoms with Gasteiger partial charge in [0.05, 0.1) is 5.02 Å². The van der Waals surface area contributed by atoms with Crippen LogP contribution >= 0.6 is 11.6 Å². The van der Waals surface area contributed by atoms with E-state index in [1.165, 1.54) is 0 Å². The molecule has 84 valence electrons. The van der Waals surface area contributed by atoms with Crippen LogP contribution in [0.1, 0.15) is 0 Å². The number of sulfonamides is 1. The van der Waals surface area contributed by atoms with Gasteiger partial charge in [0.25, 0.3) is 0 Å². The van der Waals surface area contributed by atoms with Gasteiger partial charge in [0.15, 0.2) is 0 Å². The van der Waals surface area contributed by atoms with Crippen LogP contribution < -0.4 is 9.88 Å². The number of nitrogens with two attached hydrogens (primary N) is 1. The van der Waals surface area contributed by atoms with Crippen LogP contribution in [0.15, 0.2) is 23.1 Å². The summed E-state index contributed by atoms with van der Waals surface area (Å²) >= 11 is 5.51. The van der Waals surface area contributed by atoms with Gasteiger partial charge in [-0.1, -0.05) is 11.6 Å². The highest BCUT2D eigenvalue weighted by Crippen LogP contribution is 2.26. The van der Waals surface area contributed by atoms with Gasteiger partial charge in [0.2, 0.25) is 10.0 Å². The van der Waals surface area contributed by atoms with Crippen molar-refractivity contribution in [2.24, 2.45) is 5.14 Å². The predicted octanol–water partition coefficient (Wildman–Crippen LogP) is 1.59. The van der Waals surface area contributed by atoms with E-state index in [4.69, 9.17) is 16.7 Å². The van der Waals surface area contributed by atoms with Crippen molar-refractivity contribution >= 4 is 21.6 Å². The number of primary sulfonamides is 1. The highest BCUT2D eigenvalue weighted by Gasteiger charge is 2.14. The van der Waals surface area contributed by atoms with E-state index in [0.29, 0.717) is 0 Å². The van der Waals surface area contributed by atoms with Crippen LogP contribution in [0, 0.1) is 0 Å². The summed E-state index contributed by atoms with van der Waals surface area (Å²) in [7, 11) is -3.95. The molecule has 8 heteroatoms. The molecule has 1 rings (SSSR count). The van der Waals surface area contributed by atoms with Crippen LogP contribution in [-0.2, 0) is 10.0 Å². The third-order valence-electron chi connectivity index (χ3n) is 1.44. The van der Waals surface area contributed by atoms with Gasteiger partial charge < -0.3 is 4.74 Å². The van der Waals surface area contributed by atoms with Gasteiger partial charge in [-0.3, -0.25) is 0 Å². The normalized spacial score (nSPS) is 11.8. The number of hydrogen-bond acceptors (Lipinski definition) is 3. The van der Waals surface area contributed by atoms with Crippen LogP contribution in [-0.4, -0.2) is 15.0 Å². The van der Waals surface area contributed by atoms with Crippen molar-refractivity contribution < 1.29 is 21.9 Å². The average molecular weight is 258 g/mol. The molecule has 2 N–H and O–H groups in total. The molecule has 1 aromatic rings. The predicted molar refractivity (Wildman–Crippen MR) is 49.5 cm³/mol. The van der Waals surface area contributed by atoms with Crippen LogP contribution in [0.4, 0.5) is 8.78 Å². The molecule has 0 amide bonds. The van der Waals surface area contributed by atoms with Crippen molar-refractivity contribution in [1.29, 1.82) is 0 Å². The van der Waals surface area contributed by atoms with E-state index in [9.17, 15) is 17.2 Å². The second-order valence-electron chi connectivity index (χ2n) is 2.52. The van der Waals surface area contributed by atoms with E-state index in [0.717, 1.165) is 18.2 Å². The molecule has 15 heavy (non-hydrogen) atoms. The largest absolute Gasteiger partial charge is 0.435 e. The molecular formula is C7H6ClF2NO3S. The molecule has 0 aromatic heterocycles. The quantitative estimate of drug-likeness (QED) is 0.894. The monoisotopic (exact) mass is 257 g/mol. The van der Waals surface area contributed by atoms with Crippen molar-refractivity contribution in [2.45, 2.75) is 11.5 Å². The third-order valence-corrected chi connectivity index (χ3v) is 2.83. The molecule has 0 unspecified atom stereocenters. The standard InChI is InChI=1S/C7H6ClF2NO3S/c8-5-3-4(14-7(9)10)1-2-6(5)15(11,12)13/h1-3,7H,(H2,11,12,13). The van der Waals surface area contributed by atoms with Gasteiger partial charge in [-0.15, -0.1) is 0 Å². The van der Waals surface area contributed by atoms with E-state index in [1.54, 1.807) is 0 Å². The van der Waals surface area contributed by atoms with Crippen LogP contribution in [0.5, 0.6) is 5.75 Å². The average Bonchev–Trinajstić information content (AvgIpc) is 1.99. The second-order valence-corrected chi connectivity index (χ2v) is 4.45. The van der Waals surface area contributed by atoms with Gasteiger partial charge in [-0.05, 0) is 12.1 Å². The SMILES string of the molecule is NS(=O)(=O)c1ccc(OC(F)F)cc1Cl. The highest BCUT2D eigenvalue weighted by atomic mass is 35.5. The molecule has 0 saturated carbocycles. The molecule has 0 atom stereocenters. The Labute approximate surface area is 89.6 Å². The maximum atomic E-state index is 11.8. The number of hydrogen-bond donors (Lipinski definition) is 1. The molecule has 0 aliphatic heterocycles. The van der Waals surface area contributed by atoms with Gasteiger partial charge in [-0.2, -0.15) is 8.78 Å². The van der Waals surface area contributed by atoms with Gasteiger partial charge in [0.1, 0.15) is 10.6 Å². The number of alkyl halides is 2. The highest BCUT2D eigenvalue weighted by molar-refractivity contribution is 7.89. The third kappa shape index (κ3) is 3.29. The van der Waals surface area contributed by atoms with Crippen LogP contribution in [0.2, 0.25) is 5.02 Å². The zero-order chi connectivity index (χ0) is 11.6. The van der Waals surface area contributed by atoms with Gasteiger partial charge >= 0.3 is 6.61 Å².